The first-order valence-corrected chi connectivity index (χ1v) is 11.3. The first-order valence-electron chi connectivity index (χ1n) is 8.58. The highest BCUT2D eigenvalue weighted by molar-refractivity contribution is 8.16. The predicted octanol–water partition coefficient (Wildman–Crippen LogP) is 2.81. The van der Waals surface area contributed by atoms with E-state index < -0.39 is 27.6 Å². The lowest BCUT2D eigenvalue weighted by Crippen LogP contribution is -2.37. The zero-order valence-electron chi connectivity index (χ0n) is 14.6. The second-order valence-corrected chi connectivity index (χ2v) is 10.1. The third kappa shape index (κ3) is 3.95. The standard InChI is InChI=1S/C19H16F2N2O3S2/c20-13-6-4-12(5-7-13)8-18(24)22-19-23(15-3-1-2-14(21)9-15)16-10-28(25,26)11-17(16)27-19/h1-7,9,16-17H,8,10-11H2/t16-,17-/m1/s1. The summed E-state index contributed by atoms with van der Waals surface area (Å²) in [4.78, 5) is 18.2. The Bertz CT molecular complexity index is 1060. The average Bonchev–Trinajstić information content (AvgIpc) is 3.07. The quantitative estimate of drug-likeness (QED) is 0.761. The number of hydrogen-bond donors (Lipinski definition) is 0. The summed E-state index contributed by atoms with van der Waals surface area (Å²) in [5.74, 6) is -1.34. The number of thioether (sulfide) groups is 1. The van der Waals surface area contributed by atoms with Crippen LogP contribution >= 0.6 is 11.8 Å². The maximum atomic E-state index is 13.7. The number of aliphatic imine (C=N–C) groups is 1. The van der Waals surface area contributed by atoms with Gasteiger partial charge in [-0.15, -0.1) is 0 Å². The van der Waals surface area contributed by atoms with Gasteiger partial charge in [0.25, 0.3) is 5.91 Å². The maximum absolute atomic E-state index is 13.7. The fourth-order valence-corrected chi connectivity index (χ4v) is 7.35. The van der Waals surface area contributed by atoms with Crippen LogP contribution in [0.25, 0.3) is 0 Å². The van der Waals surface area contributed by atoms with Crippen LogP contribution in [0.5, 0.6) is 0 Å². The zero-order chi connectivity index (χ0) is 19.9. The van der Waals surface area contributed by atoms with Crippen molar-refractivity contribution in [2.75, 3.05) is 16.4 Å². The van der Waals surface area contributed by atoms with Crippen LogP contribution in [0.2, 0.25) is 0 Å². The first-order chi connectivity index (χ1) is 13.3. The number of amides is 1. The Morgan fingerprint density at radius 1 is 1.11 bits per heavy atom. The van der Waals surface area contributed by atoms with Crippen LogP contribution in [-0.2, 0) is 21.1 Å². The smallest absolute Gasteiger partial charge is 0.252 e. The molecule has 2 aromatic rings. The van der Waals surface area contributed by atoms with Crippen molar-refractivity contribution in [3.8, 4) is 0 Å². The van der Waals surface area contributed by atoms with Gasteiger partial charge in [0.2, 0.25) is 0 Å². The van der Waals surface area contributed by atoms with Gasteiger partial charge in [-0.25, -0.2) is 17.2 Å². The molecule has 2 aromatic carbocycles. The molecule has 0 N–H and O–H groups in total. The number of amidine groups is 1. The number of sulfone groups is 1. The van der Waals surface area contributed by atoms with Gasteiger partial charge in [0.05, 0.1) is 24.0 Å². The van der Waals surface area contributed by atoms with E-state index in [1.165, 1.54) is 54.2 Å². The molecule has 146 valence electrons. The van der Waals surface area contributed by atoms with E-state index in [1.807, 2.05) is 0 Å². The minimum absolute atomic E-state index is 0.000673. The lowest BCUT2D eigenvalue weighted by atomic mass is 10.1. The molecule has 2 fully saturated rings. The van der Waals surface area contributed by atoms with Gasteiger partial charge in [-0.2, -0.15) is 4.99 Å². The second kappa shape index (κ2) is 7.29. The van der Waals surface area contributed by atoms with Gasteiger partial charge < -0.3 is 4.90 Å². The van der Waals surface area contributed by atoms with Gasteiger partial charge in [0.15, 0.2) is 15.0 Å². The highest BCUT2D eigenvalue weighted by Gasteiger charge is 2.49. The summed E-state index contributed by atoms with van der Waals surface area (Å²) < 4.78 is 50.8. The van der Waals surface area contributed by atoms with Crippen molar-refractivity contribution in [2.45, 2.75) is 17.7 Å². The molecule has 0 spiro atoms. The summed E-state index contributed by atoms with van der Waals surface area (Å²) in [5.41, 5.74) is 1.09. The molecular weight excluding hydrogens is 406 g/mol. The van der Waals surface area contributed by atoms with Gasteiger partial charge in [-0.05, 0) is 35.9 Å². The van der Waals surface area contributed by atoms with Crippen molar-refractivity contribution in [3.63, 3.8) is 0 Å². The molecular formula is C19H16F2N2O3S2. The molecule has 5 nitrogen and oxygen atoms in total. The Morgan fingerprint density at radius 2 is 1.86 bits per heavy atom. The number of carbonyl (C=O) groups is 1. The largest absolute Gasteiger partial charge is 0.315 e. The van der Waals surface area contributed by atoms with Crippen LogP contribution in [-0.4, -0.2) is 42.3 Å². The van der Waals surface area contributed by atoms with E-state index in [2.05, 4.69) is 4.99 Å². The van der Waals surface area contributed by atoms with Crippen LogP contribution in [0.15, 0.2) is 53.5 Å². The van der Waals surface area contributed by atoms with Crippen molar-refractivity contribution in [1.82, 2.24) is 0 Å². The molecule has 28 heavy (non-hydrogen) atoms. The number of halogens is 2. The molecule has 0 saturated carbocycles. The van der Waals surface area contributed by atoms with E-state index in [9.17, 15) is 22.0 Å². The summed E-state index contributed by atoms with van der Waals surface area (Å²) >= 11 is 1.23. The van der Waals surface area contributed by atoms with Crippen molar-refractivity contribution in [1.29, 1.82) is 0 Å². The monoisotopic (exact) mass is 422 g/mol. The molecule has 0 radical (unpaired) electrons. The van der Waals surface area contributed by atoms with E-state index >= 15 is 0 Å². The third-order valence-electron chi connectivity index (χ3n) is 4.64. The summed E-state index contributed by atoms with van der Waals surface area (Å²) in [5, 5.41) is 0.105. The fourth-order valence-electron chi connectivity index (χ4n) is 3.42. The molecule has 0 bridgehead atoms. The predicted molar refractivity (Wildman–Crippen MR) is 105 cm³/mol. The van der Waals surface area contributed by atoms with Gasteiger partial charge in [-0.1, -0.05) is 30.0 Å². The number of anilines is 1. The highest BCUT2D eigenvalue weighted by atomic mass is 32.2. The second-order valence-electron chi connectivity index (χ2n) is 6.74. The zero-order valence-corrected chi connectivity index (χ0v) is 16.2. The van der Waals surface area contributed by atoms with Crippen molar-refractivity contribution >= 4 is 38.4 Å². The number of nitrogens with zero attached hydrogens (tertiary/aromatic N) is 2. The number of fused-ring (bicyclic) bond motifs is 1. The minimum Gasteiger partial charge on any atom is -0.315 e. The Hall–Kier alpha value is -2.26. The Morgan fingerprint density at radius 3 is 2.57 bits per heavy atom. The van der Waals surface area contributed by atoms with E-state index in [0.717, 1.165) is 0 Å². The van der Waals surface area contributed by atoms with Crippen LogP contribution in [0.3, 0.4) is 0 Å². The molecule has 0 aromatic heterocycles. The van der Waals surface area contributed by atoms with Crippen LogP contribution < -0.4 is 4.90 Å². The SMILES string of the molecule is O=C(Cc1ccc(F)cc1)N=C1S[C@@H]2CS(=O)(=O)C[C@H]2N1c1cccc(F)c1. The molecule has 9 heteroatoms. The summed E-state index contributed by atoms with van der Waals surface area (Å²) in [6.45, 7) is 0. The average molecular weight is 422 g/mol. The Labute approximate surface area is 165 Å². The molecule has 2 aliphatic rings. The Kier molecular flexibility index (Phi) is 4.96. The number of rotatable bonds is 3. The number of benzene rings is 2. The highest BCUT2D eigenvalue weighted by Crippen LogP contribution is 2.41. The molecule has 2 heterocycles. The van der Waals surface area contributed by atoms with Crippen LogP contribution in [0, 0.1) is 11.6 Å². The number of carbonyl (C=O) groups excluding carboxylic acids is 1. The fraction of sp³-hybridized carbons (Fsp3) is 0.263. The lowest BCUT2D eigenvalue weighted by Gasteiger charge is -2.24. The van der Waals surface area contributed by atoms with Crippen LogP contribution in [0.1, 0.15) is 5.56 Å². The molecule has 4 rings (SSSR count). The topological polar surface area (TPSA) is 66.8 Å². The van der Waals surface area contributed by atoms with Gasteiger partial charge in [-0.3, -0.25) is 4.79 Å². The van der Waals surface area contributed by atoms with Crippen LogP contribution in [0.4, 0.5) is 14.5 Å². The lowest BCUT2D eigenvalue weighted by molar-refractivity contribution is -0.117. The molecule has 0 unspecified atom stereocenters. The summed E-state index contributed by atoms with van der Waals surface area (Å²) in [6, 6.07) is 11.0. The minimum atomic E-state index is -3.19. The van der Waals surface area contributed by atoms with Gasteiger partial charge in [0, 0.05) is 10.9 Å². The van der Waals surface area contributed by atoms with E-state index in [0.29, 0.717) is 16.4 Å². The molecule has 0 aliphatic carbocycles. The van der Waals surface area contributed by atoms with Gasteiger partial charge in [0.1, 0.15) is 11.6 Å². The third-order valence-corrected chi connectivity index (χ3v) is 7.85. The Balaban J connectivity index is 1.63. The molecule has 2 atom stereocenters. The van der Waals surface area contributed by atoms with E-state index in [-0.39, 0.29) is 29.0 Å². The van der Waals surface area contributed by atoms with E-state index in [1.54, 1.807) is 11.0 Å². The maximum Gasteiger partial charge on any atom is 0.252 e. The van der Waals surface area contributed by atoms with Gasteiger partial charge >= 0.3 is 0 Å². The molecule has 2 aliphatic heterocycles. The molecule has 2 saturated heterocycles. The number of hydrogen-bond acceptors (Lipinski definition) is 4. The summed E-state index contributed by atoms with van der Waals surface area (Å²) in [7, 11) is -3.19. The van der Waals surface area contributed by atoms with Crippen molar-refractivity contribution < 1.29 is 22.0 Å². The van der Waals surface area contributed by atoms with E-state index in [4.69, 9.17) is 0 Å². The molecule has 1 amide bonds. The van der Waals surface area contributed by atoms with Crippen molar-refractivity contribution in [3.05, 3.63) is 65.7 Å². The first kappa shape index (κ1) is 19.1. The van der Waals surface area contributed by atoms with Crippen molar-refractivity contribution in [2.24, 2.45) is 4.99 Å². The normalized spacial score (nSPS) is 24.5. The summed E-state index contributed by atoms with van der Waals surface area (Å²) in [6.07, 6.45) is -0.00500.